The van der Waals surface area contributed by atoms with Crippen LogP contribution in [0.15, 0.2) is 59.4 Å². The molecule has 0 fully saturated rings. The number of methoxy groups -OCH3 is 1. The normalized spacial score (nSPS) is 10.7. The van der Waals surface area contributed by atoms with Gasteiger partial charge in [-0.05, 0) is 30.7 Å². The summed E-state index contributed by atoms with van der Waals surface area (Å²) in [6.07, 6.45) is 0.690. The van der Waals surface area contributed by atoms with E-state index in [1.165, 1.54) is 29.0 Å². The molecule has 10 heteroatoms. The summed E-state index contributed by atoms with van der Waals surface area (Å²) in [6, 6.07) is 14.6. The van der Waals surface area contributed by atoms with Gasteiger partial charge in [0.25, 0.3) is 11.5 Å². The molecule has 0 unspecified atom stereocenters. The number of rotatable bonds is 7. The number of benzene rings is 2. The highest BCUT2D eigenvalue weighted by atomic mass is 32.1. The maximum absolute atomic E-state index is 12.8. The molecule has 0 atom stereocenters. The lowest BCUT2D eigenvalue weighted by molar-refractivity contribution is 0.0469. The molecule has 0 radical (unpaired) electrons. The topological polar surface area (TPSA) is 112 Å². The second-order valence-electron chi connectivity index (χ2n) is 6.91. The average Bonchev–Trinajstić information content (AvgIpc) is 3.27. The Morgan fingerprint density at radius 2 is 1.82 bits per heavy atom. The fourth-order valence-electron chi connectivity index (χ4n) is 3.12. The Labute approximate surface area is 192 Å². The lowest BCUT2D eigenvalue weighted by Crippen LogP contribution is -2.18. The molecule has 0 spiro atoms. The van der Waals surface area contributed by atoms with Crippen LogP contribution < -0.4 is 15.6 Å². The number of hydrogen-bond acceptors (Lipinski definition) is 8. The van der Waals surface area contributed by atoms with E-state index in [-0.39, 0.29) is 23.4 Å². The van der Waals surface area contributed by atoms with Crippen molar-refractivity contribution in [1.82, 2.24) is 14.6 Å². The van der Waals surface area contributed by atoms with Crippen LogP contribution in [0.2, 0.25) is 0 Å². The first-order valence-electron chi connectivity index (χ1n) is 10.1. The number of ether oxygens (including phenoxy) is 2. The molecular weight excluding hydrogens is 444 g/mol. The summed E-state index contributed by atoms with van der Waals surface area (Å²) < 4.78 is 11.8. The molecule has 0 saturated heterocycles. The van der Waals surface area contributed by atoms with Crippen LogP contribution in [-0.4, -0.2) is 33.6 Å². The predicted octanol–water partition coefficient (Wildman–Crippen LogP) is 3.33. The smallest absolute Gasteiger partial charge is 0.340 e. The summed E-state index contributed by atoms with van der Waals surface area (Å²) in [5.74, 6) is -0.673. The Hall–Kier alpha value is -4.05. The minimum atomic E-state index is -0.661. The number of hydrogen-bond donors (Lipinski definition) is 1. The van der Waals surface area contributed by atoms with E-state index in [0.29, 0.717) is 28.4 Å². The van der Waals surface area contributed by atoms with Crippen LogP contribution in [0.5, 0.6) is 5.75 Å². The van der Waals surface area contributed by atoms with Gasteiger partial charge in [-0.2, -0.15) is 9.61 Å². The Kier molecular flexibility index (Phi) is 6.45. The Balaban J connectivity index is 1.51. The number of aromatic nitrogens is 3. The van der Waals surface area contributed by atoms with E-state index in [0.717, 1.165) is 5.01 Å². The van der Waals surface area contributed by atoms with Crippen molar-refractivity contribution in [2.45, 2.75) is 20.0 Å². The molecule has 2 heterocycles. The molecule has 1 N–H and O–H groups in total. The van der Waals surface area contributed by atoms with Gasteiger partial charge < -0.3 is 14.8 Å². The first-order chi connectivity index (χ1) is 16.0. The third-order valence-corrected chi connectivity index (χ3v) is 5.79. The number of para-hydroxylation sites is 2. The number of amides is 1. The largest absolute Gasteiger partial charge is 0.496 e. The predicted molar refractivity (Wildman–Crippen MR) is 123 cm³/mol. The zero-order chi connectivity index (χ0) is 23.4. The van der Waals surface area contributed by atoms with Crippen molar-refractivity contribution in [2.24, 2.45) is 0 Å². The molecule has 0 aliphatic rings. The fourth-order valence-corrected chi connectivity index (χ4v) is 3.98. The number of esters is 1. The second-order valence-corrected chi connectivity index (χ2v) is 7.95. The van der Waals surface area contributed by atoms with E-state index < -0.39 is 11.9 Å². The van der Waals surface area contributed by atoms with Crippen LogP contribution in [0.25, 0.3) is 4.96 Å². The number of anilines is 1. The summed E-state index contributed by atoms with van der Waals surface area (Å²) in [5, 5.41) is 7.71. The van der Waals surface area contributed by atoms with E-state index in [2.05, 4.69) is 15.4 Å². The summed E-state index contributed by atoms with van der Waals surface area (Å²) in [5.41, 5.74) is 0.764. The third-order valence-electron chi connectivity index (χ3n) is 4.74. The van der Waals surface area contributed by atoms with Gasteiger partial charge in [0, 0.05) is 6.07 Å². The van der Waals surface area contributed by atoms with Crippen LogP contribution in [0, 0.1) is 0 Å². The van der Waals surface area contributed by atoms with Crippen molar-refractivity contribution in [2.75, 3.05) is 12.4 Å². The minimum Gasteiger partial charge on any atom is -0.496 e. The minimum absolute atomic E-state index is 0.171. The molecule has 2 aromatic carbocycles. The van der Waals surface area contributed by atoms with Gasteiger partial charge in [0.1, 0.15) is 17.4 Å². The number of carbonyl (C=O) groups excluding carboxylic acids is 2. The molecule has 168 valence electrons. The monoisotopic (exact) mass is 464 g/mol. The highest BCUT2D eigenvalue weighted by Gasteiger charge is 2.18. The van der Waals surface area contributed by atoms with Gasteiger partial charge in [-0.3, -0.25) is 9.59 Å². The van der Waals surface area contributed by atoms with Crippen molar-refractivity contribution in [1.29, 1.82) is 0 Å². The molecule has 0 aliphatic heterocycles. The van der Waals surface area contributed by atoms with Crippen LogP contribution in [0.1, 0.15) is 38.3 Å². The van der Waals surface area contributed by atoms with E-state index in [1.807, 2.05) is 6.92 Å². The number of nitrogens with zero attached hydrogens (tertiary/aromatic N) is 3. The van der Waals surface area contributed by atoms with Crippen molar-refractivity contribution in [3.05, 3.63) is 86.8 Å². The molecule has 0 saturated carbocycles. The van der Waals surface area contributed by atoms with E-state index in [9.17, 15) is 14.4 Å². The Morgan fingerprint density at radius 3 is 2.58 bits per heavy atom. The van der Waals surface area contributed by atoms with Crippen LogP contribution in [0.4, 0.5) is 5.69 Å². The van der Waals surface area contributed by atoms with Crippen molar-refractivity contribution >= 4 is 33.9 Å². The highest BCUT2D eigenvalue weighted by Crippen LogP contribution is 2.22. The number of aryl methyl sites for hydroxylation is 1. The van der Waals surface area contributed by atoms with Crippen LogP contribution in [-0.2, 0) is 17.8 Å². The SMILES string of the molecule is CCc1nn2c(=O)cc(COC(=O)c3ccccc3NC(=O)c3ccccc3OC)nc2s1. The van der Waals surface area contributed by atoms with Gasteiger partial charge in [0.2, 0.25) is 4.96 Å². The van der Waals surface area contributed by atoms with Gasteiger partial charge in [-0.1, -0.05) is 42.5 Å². The second kappa shape index (κ2) is 9.61. The van der Waals surface area contributed by atoms with Gasteiger partial charge in [-0.15, -0.1) is 0 Å². The highest BCUT2D eigenvalue weighted by molar-refractivity contribution is 7.16. The molecule has 1 amide bonds. The zero-order valence-electron chi connectivity index (χ0n) is 17.9. The zero-order valence-corrected chi connectivity index (χ0v) is 18.7. The van der Waals surface area contributed by atoms with Crippen molar-refractivity contribution in [3.63, 3.8) is 0 Å². The van der Waals surface area contributed by atoms with Crippen molar-refractivity contribution in [3.8, 4) is 5.75 Å². The molecule has 2 aromatic heterocycles. The Morgan fingerprint density at radius 1 is 1.09 bits per heavy atom. The maximum atomic E-state index is 12.8. The van der Waals surface area contributed by atoms with Crippen LogP contribution in [0.3, 0.4) is 0 Å². The van der Waals surface area contributed by atoms with Gasteiger partial charge in [0.05, 0.1) is 29.6 Å². The molecule has 33 heavy (non-hydrogen) atoms. The van der Waals surface area contributed by atoms with Crippen LogP contribution >= 0.6 is 11.3 Å². The lowest BCUT2D eigenvalue weighted by Gasteiger charge is -2.12. The van der Waals surface area contributed by atoms with Gasteiger partial charge in [-0.25, -0.2) is 9.78 Å². The third kappa shape index (κ3) is 4.75. The standard InChI is InChI=1S/C23H20N4O5S/c1-3-19-26-27-20(28)12-14(24-23(27)33-19)13-32-22(30)15-8-4-6-10-17(15)25-21(29)16-9-5-7-11-18(16)31-2/h4-12H,3,13H2,1-2H3,(H,25,29). The molecule has 4 rings (SSSR count). The average molecular weight is 465 g/mol. The quantitative estimate of drug-likeness (QED) is 0.418. The molecule has 0 aliphatic carbocycles. The summed E-state index contributed by atoms with van der Waals surface area (Å²) >= 11 is 1.31. The summed E-state index contributed by atoms with van der Waals surface area (Å²) in [7, 11) is 1.48. The lowest BCUT2D eigenvalue weighted by atomic mass is 10.1. The van der Waals surface area contributed by atoms with E-state index >= 15 is 0 Å². The molecule has 9 nitrogen and oxygen atoms in total. The van der Waals surface area contributed by atoms with Gasteiger partial charge >= 0.3 is 5.97 Å². The molecule has 4 aromatic rings. The number of fused-ring (bicyclic) bond motifs is 1. The Bertz CT molecular complexity index is 1400. The number of nitrogens with one attached hydrogen (secondary N) is 1. The number of carbonyl (C=O) groups is 2. The maximum Gasteiger partial charge on any atom is 0.340 e. The first-order valence-corrected chi connectivity index (χ1v) is 10.9. The molecular formula is C23H20N4O5S. The summed E-state index contributed by atoms with van der Waals surface area (Å²) in [4.78, 5) is 42.6. The van der Waals surface area contributed by atoms with Gasteiger partial charge in [0.15, 0.2) is 0 Å². The van der Waals surface area contributed by atoms with E-state index in [1.54, 1.807) is 48.5 Å². The first kappa shape index (κ1) is 22.2. The van der Waals surface area contributed by atoms with Crippen molar-refractivity contribution < 1.29 is 19.1 Å². The van der Waals surface area contributed by atoms with E-state index in [4.69, 9.17) is 9.47 Å². The molecule has 0 bridgehead atoms. The fraction of sp³-hybridized carbons (Fsp3) is 0.174. The summed E-state index contributed by atoms with van der Waals surface area (Å²) in [6.45, 7) is 1.74.